The van der Waals surface area contributed by atoms with Crippen molar-refractivity contribution in [1.82, 2.24) is 14.7 Å². The van der Waals surface area contributed by atoms with Crippen molar-refractivity contribution in [3.8, 4) is 0 Å². The second-order valence-electron chi connectivity index (χ2n) is 5.69. The summed E-state index contributed by atoms with van der Waals surface area (Å²) >= 11 is 5.92. The molecule has 0 bridgehead atoms. The van der Waals surface area contributed by atoms with E-state index in [0.717, 1.165) is 31.7 Å². The monoisotopic (exact) mass is 319 g/mol. The Morgan fingerprint density at radius 3 is 2.09 bits per heavy atom. The molecule has 0 N–H and O–H groups in total. The minimum atomic E-state index is -0.249. The number of nitrogens with zero attached hydrogens (tertiary/aromatic N) is 3. The summed E-state index contributed by atoms with van der Waals surface area (Å²) in [4.78, 5) is 30.4. The van der Waals surface area contributed by atoms with E-state index < -0.39 is 0 Å². The molecule has 1 aromatic carbocycles. The maximum absolute atomic E-state index is 12.5. The Morgan fingerprint density at radius 1 is 0.909 bits per heavy atom. The number of likely N-dealkylation sites (N-methyl/N-ethyl adjacent to an activating group) is 2. The van der Waals surface area contributed by atoms with E-state index in [2.05, 4.69) is 11.9 Å². The van der Waals surface area contributed by atoms with Crippen molar-refractivity contribution in [3.05, 3.63) is 40.5 Å². The quantitative estimate of drug-likeness (QED) is 0.771. The van der Waals surface area contributed by atoms with Gasteiger partial charge in [-0.3, -0.25) is 14.5 Å². The molecule has 1 fully saturated rings. The molecule has 0 aliphatic carbocycles. The molecule has 0 saturated carbocycles. The van der Waals surface area contributed by atoms with Gasteiger partial charge >= 0.3 is 0 Å². The van der Waals surface area contributed by atoms with Crippen molar-refractivity contribution in [2.45, 2.75) is 0 Å². The van der Waals surface area contributed by atoms with E-state index in [9.17, 15) is 9.59 Å². The van der Waals surface area contributed by atoms with Crippen LogP contribution in [0, 0.1) is 0 Å². The summed E-state index contributed by atoms with van der Waals surface area (Å²) < 4.78 is 0. The van der Waals surface area contributed by atoms with Gasteiger partial charge in [0.1, 0.15) is 5.70 Å². The minimum absolute atomic E-state index is 0.223. The summed E-state index contributed by atoms with van der Waals surface area (Å²) in [6, 6.07) is 7.05. The summed E-state index contributed by atoms with van der Waals surface area (Å²) in [5, 5.41) is 0.607. The van der Waals surface area contributed by atoms with E-state index in [1.165, 1.54) is 11.9 Å². The third-order valence-corrected chi connectivity index (χ3v) is 4.47. The number of rotatable bonds is 2. The largest absolute Gasteiger partial charge is 0.364 e. The molecule has 3 rings (SSSR count). The van der Waals surface area contributed by atoms with Crippen molar-refractivity contribution in [1.29, 1.82) is 0 Å². The zero-order valence-corrected chi connectivity index (χ0v) is 13.4. The van der Waals surface area contributed by atoms with E-state index in [4.69, 9.17) is 11.6 Å². The maximum Gasteiger partial charge on any atom is 0.277 e. The summed E-state index contributed by atoms with van der Waals surface area (Å²) in [5.41, 5.74) is 1.73. The van der Waals surface area contributed by atoms with Gasteiger partial charge in [-0.25, -0.2) is 0 Å². The van der Waals surface area contributed by atoms with Crippen LogP contribution in [0.1, 0.15) is 5.56 Å². The van der Waals surface area contributed by atoms with Crippen LogP contribution in [0.5, 0.6) is 0 Å². The van der Waals surface area contributed by atoms with E-state index in [1.807, 2.05) is 4.90 Å². The molecule has 2 amide bonds. The van der Waals surface area contributed by atoms with Gasteiger partial charge in [0, 0.05) is 38.2 Å². The summed E-state index contributed by atoms with van der Waals surface area (Å²) in [6.07, 6.45) is 0. The first-order chi connectivity index (χ1) is 10.5. The number of hydrogen-bond donors (Lipinski definition) is 0. The van der Waals surface area contributed by atoms with Gasteiger partial charge in [0.25, 0.3) is 11.8 Å². The smallest absolute Gasteiger partial charge is 0.277 e. The van der Waals surface area contributed by atoms with Gasteiger partial charge in [-0.2, -0.15) is 0 Å². The lowest BCUT2D eigenvalue weighted by Crippen LogP contribution is -2.45. The second-order valence-corrected chi connectivity index (χ2v) is 6.13. The van der Waals surface area contributed by atoms with E-state index in [-0.39, 0.29) is 11.8 Å². The molecular weight excluding hydrogens is 302 g/mol. The topological polar surface area (TPSA) is 43.9 Å². The molecule has 0 spiro atoms. The SMILES string of the molecule is CN1CCN(C2=C(c3ccc(Cl)cc3)C(=O)N(C)C2=O)CC1. The summed E-state index contributed by atoms with van der Waals surface area (Å²) in [5.74, 6) is -0.472. The van der Waals surface area contributed by atoms with Gasteiger partial charge < -0.3 is 9.80 Å². The molecule has 5 nitrogen and oxygen atoms in total. The zero-order valence-electron chi connectivity index (χ0n) is 12.7. The van der Waals surface area contributed by atoms with Crippen molar-refractivity contribution in [3.63, 3.8) is 0 Å². The van der Waals surface area contributed by atoms with Gasteiger partial charge in [0.2, 0.25) is 0 Å². The fourth-order valence-electron chi connectivity index (χ4n) is 2.83. The average Bonchev–Trinajstić information content (AvgIpc) is 2.74. The Labute approximate surface area is 134 Å². The molecule has 0 aromatic heterocycles. The highest BCUT2D eigenvalue weighted by Gasteiger charge is 2.39. The van der Waals surface area contributed by atoms with Crippen LogP contribution in [0.4, 0.5) is 0 Å². The van der Waals surface area contributed by atoms with Crippen LogP contribution in [0.2, 0.25) is 5.02 Å². The zero-order chi connectivity index (χ0) is 15.9. The number of halogens is 1. The van der Waals surface area contributed by atoms with E-state index >= 15 is 0 Å². The summed E-state index contributed by atoms with van der Waals surface area (Å²) in [6.45, 7) is 3.25. The van der Waals surface area contributed by atoms with E-state index in [1.54, 1.807) is 24.3 Å². The van der Waals surface area contributed by atoms with Crippen molar-refractivity contribution in [2.75, 3.05) is 40.3 Å². The van der Waals surface area contributed by atoms with Gasteiger partial charge in [-0.05, 0) is 24.7 Å². The molecule has 0 unspecified atom stereocenters. The molecular formula is C16H18ClN3O2. The molecule has 1 aromatic rings. The van der Waals surface area contributed by atoms with E-state index in [0.29, 0.717) is 16.3 Å². The molecule has 0 atom stereocenters. The molecule has 1 saturated heterocycles. The number of imide groups is 1. The van der Waals surface area contributed by atoms with Crippen molar-refractivity contribution >= 4 is 29.0 Å². The predicted molar refractivity (Wildman–Crippen MR) is 85.2 cm³/mol. The highest BCUT2D eigenvalue weighted by molar-refractivity contribution is 6.35. The molecule has 116 valence electrons. The first kappa shape index (κ1) is 15.1. The number of benzene rings is 1. The van der Waals surface area contributed by atoms with Crippen LogP contribution in [-0.4, -0.2) is 66.8 Å². The predicted octanol–water partition coefficient (Wildman–Crippen LogP) is 1.30. The van der Waals surface area contributed by atoms with Gasteiger partial charge in [0.15, 0.2) is 0 Å². The lowest BCUT2D eigenvalue weighted by atomic mass is 10.0. The standard InChI is InChI=1S/C16H18ClN3O2/c1-18-7-9-20(10-8-18)14-13(15(21)19(2)16(14)22)11-3-5-12(17)6-4-11/h3-6H,7-10H2,1-2H3. The highest BCUT2D eigenvalue weighted by Crippen LogP contribution is 2.31. The lowest BCUT2D eigenvalue weighted by molar-refractivity contribution is -0.136. The first-order valence-corrected chi connectivity index (χ1v) is 7.63. The van der Waals surface area contributed by atoms with Crippen molar-refractivity contribution in [2.24, 2.45) is 0 Å². The number of amides is 2. The normalized spacial score (nSPS) is 20.3. The average molecular weight is 320 g/mol. The number of hydrogen-bond acceptors (Lipinski definition) is 4. The van der Waals surface area contributed by atoms with Gasteiger partial charge in [0.05, 0.1) is 5.57 Å². The molecule has 2 aliphatic rings. The third-order valence-electron chi connectivity index (χ3n) is 4.21. The number of piperazine rings is 1. The molecule has 22 heavy (non-hydrogen) atoms. The maximum atomic E-state index is 12.5. The molecule has 6 heteroatoms. The Kier molecular flexibility index (Phi) is 3.93. The Morgan fingerprint density at radius 2 is 1.50 bits per heavy atom. The van der Waals surface area contributed by atoms with Gasteiger partial charge in [-0.1, -0.05) is 23.7 Å². The van der Waals surface area contributed by atoms with Crippen LogP contribution in [0.3, 0.4) is 0 Å². The lowest BCUT2D eigenvalue weighted by Gasteiger charge is -2.34. The Balaban J connectivity index is 2.04. The molecule has 2 heterocycles. The van der Waals surface area contributed by atoms with Crippen LogP contribution in [0.25, 0.3) is 5.57 Å². The number of carbonyl (C=O) groups is 2. The Hall–Kier alpha value is -1.85. The third kappa shape index (κ3) is 2.51. The van der Waals surface area contributed by atoms with Crippen LogP contribution < -0.4 is 0 Å². The van der Waals surface area contributed by atoms with Crippen LogP contribution in [-0.2, 0) is 9.59 Å². The Bertz CT molecular complexity index is 646. The molecule has 2 aliphatic heterocycles. The fourth-order valence-corrected chi connectivity index (χ4v) is 2.95. The van der Waals surface area contributed by atoms with Gasteiger partial charge in [-0.15, -0.1) is 0 Å². The minimum Gasteiger partial charge on any atom is -0.364 e. The first-order valence-electron chi connectivity index (χ1n) is 7.25. The van der Waals surface area contributed by atoms with Crippen LogP contribution in [0.15, 0.2) is 30.0 Å². The number of carbonyl (C=O) groups excluding carboxylic acids is 2. The van der Waals surface area contributed by atoms with Crippen molar-refractivity contribution < 1.29 is 9.59 Å². The summed E-state index contributed by atoms with van der Waals surface area (Å²) in [7, 11) is 3.59. The molecule has 0 radical (unpaired) electrons. The highest BCUT2D eigenvalue weighted by atomic mass is 35.5. The fraction of sp³-hybridized carbons (Fsp3) is 0.375. The second kappa shape index (κ2) is 5.74. The van der Waals surface area contributed by atoms with Crippen LogP contribution >= 0.6 is 11.6 Å².